The van der Waals surface area contributed by atoms with Crippen molar-refractivity contribution in [2.24, 2.45) is 0 Å². The average Bonchev–Trinajstić information content (AvgIpc) is 2.28. The minimum atomic E-state index is -0.228. The highest BCUT2D eigenvalue weighted by Gasteiger charge is 2.05. The fraction of sp³-hybridized carbons (Fsp3) is 0.583. The van der Waals surface area contributed by atoms with Gasteiger partial charge in [0.25, 0.3) is 0 Å². The van der Waals surface area contributed by atoms with Crippen LogP contribution in [0.1, 0.15) is 44.7 Å². The maximum absolute atomic E-state index is 11.4. The summed E-state index contributed by atoms with van der Waals surface area (Å²) in [5.41, 5.74) is 0.808. The van der Waals surface area contributed by atoms with Gasteiger partial charge in [-0.25, -0.2) is 0 Å². The van der Waals surface area contributed by atoms with Gasteiger partial charge in [0.05, 0.1) is 5.69 Å². The number of rotatable bonds is 6. The van der Waals surface area contributed by atoms with Gasteiger partial charge in [-0.1, -0.05) is 26.2 Å². The van der Waals surface area contributed by atoms with Crippen LogP contribution < -0.4 is 4.74 Å². The summed E-state index contributed by atoms with van der Waals surface area (Å²) >= 11 is 0. The molecule has 0 N–H and O–H groups in total. The number of nitrogens with zero attached hydrogens (tertiary/aromatic N) is 2. The highest BCUT2D eigenvalue weighted by molar-refractivity contribution is 5.71. The zero-order chi connectivity index (χ0) is 11.8. The Labute approximate surface area is 96.0 Å². The molecule has 0 radical (unpaired) electrons. The zero-order valence-electron chi connectivity index (χ0n) is 9.90. The standard InChI is InChI=1S/C12H18N2O2/c1-3-4-5-6-7-12(15)16-11-9-8-10(2)13-14-11/h8-9H,3-7H2,1-2H3. The lowest BCUT2D eigenvalue weighted by atomic mass is 10.2. The predicted octanol–water partition coefficient (Wildman–Crippen LogP) is 2.66. The Balaban J connectivity index is 2.26. The van der Waals surface area contributed by atoms with Crippen molar-refractivity contribution in [2.75, 3.05) is 0 Å². The number of aryl methyl sites for hydroxylation is 1. The van der Waals surface area contributed by atoms with Gasteiger partial charge >= 0.3 is 5.97 Å². The van der Waals surface area contributed by atoms with E-state index in [4.69, 9.17) is 4.74 Å². The first kappa shape index (κ1) is 12.6. The maximum atomic E-state index is 11.4. The molecule has 0 fully saturated rings. The van der Waals surface area contributed by atoms with Crippen molar-refractivity contribution in [3.05, 3.63) is 17.8 Å². The Morgan fingerprint density at radius 1 is 1.25 bits per heavy atom. The van der Waals surface area contributed by atoms with E-state index < -0.39 is 0 Å². The van der Waals surface area contributed by atoms with Crippen LogP contribution in [0.3, 0.4) is 0 Å². The largest absolute Gasteiger partial charge is 0.406 e. The van der Waals surface area contributed by atoms with E-state index >= 15 is 0 Å². The normalized spacial score (nSPS) is 10.1. The predicted molar refractivity (Wildman–Crippen MR) is 61.2 cm³/mol. The van der Waals surface area contributed by atoms with Gasteiger partial charge in [-0.15, -0.1) is 5.10 Å². The van der Waals surface area contributed by atoms with Crippen LogP contribution in [0, 0.1) is 6.92 Å². The quantitative estimate of drug-likeness (QED) is 0.548. The second kappa shape index (κ2) is 6.93. The van der Waals surface area contributed by atoms with Gasteiger partial charge in [-0.05, 0) is 19.4 Å². The van der Waals surface area contributed by atoms with E-state index in [9.17, 15) is 4.79 Å². The first-order valence-corrected chi connectivity index (χ1v) is 5.73. The van der Waals surface area contributed by atoms with Gasteiger partial charge in [-0.3, -0.25) is 4.79 Å². The first-order chi connectivity index (χ1) is 7.72. The molecule has 0 saturated heterocycles. The van der Waals surface area contributed by atoms with Crippen LogP contribution in [0.4, 0.5) is 0 Å². The van der Waals surface area contributed by atoms with E-state index in [1.165, 1.54) is 6.42 Å². The molecule has 0 aromatic carbocycles. The lowest BCUT2D eigenvalue weighted by Gasteiger charge is -2.02. The number of ether oxygens (including phenoxy) is 1. The van der Waals surface area contributed by atoms with E-state index in [0.717, 1.165) is 25.0 Å². The molecule has 0 unspecified atom stereocenters. The van der Waals surface area contributed by atoms with Crippen molar-refractivity contribution in [1.82, 2.24) is 10.2 Å². The van der Waals surface area contributed by atoms with E-state index in [1.807, 2.05) is 6.92 Å². The van der Waals surface area contributed by atoms with Gasteiger partial charge in [0.15, 0.2) is 0 Å². The first-order valence-electron chi connectivity index (χ1n) is 5.73. The number of carbonyl (C=O) groups excluding carboxylic acids is 1. The SMILES string of the molecule is CCCCCCC(=O)Oc1ccc(C)nn1. The minimum absolute atomic E-state index is 0.228. The van der Waals surface area contributed by atoms with Crippen molar-refractivity contribution >= 4 is 5.97 Å². The summed E-state index contributed by atoms with van der Waals surface area (Å²) in [6.07, 6.45) is 4.74. The van der Waals surface area contributed by atoms with Gasteiger partial charge < -0.3 is 4.74 Å². The van der Waals surface area contributed by atoms with Crippen molar-refractivity contribution in [3.63, 3.8) is 0 Å². The third-order valence-corrected chi connectivity index (χ3v) is 2.23. The molecule has 1 aromatic rings. The fourth-order valence-corrected chi connectivity index (χ4v) is 1.30. The molecule has 0 spiro atoms. The molecule has 0 aliphatic carbocycles. The van der Waals surface area contributed by atoms with Gasteiger partial charge in [-0.2, -0.15) is 5.10 Å². The molecule has 1 aromatic heterocycles. The van der Waals surface area contributed by atoms with Crippen LogP contribution in [0.2, 0.25) is 0 Å². The third kappa shape index (κ3) is 4.87. The Hall–Kier alpha value is -1.45. The summed E-state index contributed by atoms with van der Waals surface area (Å²) in [5.74, 6) is 0.0559. The summed E-state index contributed by atoms with van der Waals surface area (Å²) in [5, 5.41) is 7.58. The Morgan fingerprint density at radius 3 is 2.69 bits per heavy atom. The summed E-state index contributed by atoms with van der Waals surface area (Å²) in [6.45, 7) is 3.98. The van der Waals surface area contributed by atoms with E-state index in [0.29, 0.717) is 6.42 Å². The lowest BCUT2D eigenvalue weighted by molar-refractivity contribution is -0.134. The fourth-order valence-electron chi connectivity index (χ4n) is 1.30. The molecule has 4 nitrogen and oxygen atoms in total. The summed E-state index contributed by atoms with van der Waals surface area (Å²) < 4.78 is 5.04. The maximum Gasteiger partial charge on any atom is 0.312 e. The Morgan fingerprint density at radius 2 is 2.06 bits per heavy atom. The monoisotopic (exact) mass is 222 g/mol. The molecule has 16 heavy (non-hydrogen) atoms. The number of carbonyl (C=O) groups is 1. The van der Waals surface area contributed by atoms with Crippen molar-refractivity contribution < 1.29 is 9.53 Å². The average molecular weight is 222 g/mol. The van der Waals surface area contributed by atoms with Gasteiger partial charge in [0.2, 0.25) is 5.88 Å². The van der Waals surface area contributed by atoms with Gasteiger partial charge in [0, 0.05) is 12.5 Å². The number of hydrogen-bond donors (Lipinski definition) is 0. The van der Waals surface area contributed by atoms with E-state index in [-0.39, 0.29) is 11.8 Å². The Bertz CT molecular complexity index is 322. The topological polar surface area (TPSA) is 52.1 Å². The van der Waals surface area contributed by atoms with Crippen LogP contribution >= 0.6 is 0 Å². The Kier molecular flexibility index (Phi) is 5.46. The molecular formula is C12H18N2O2. The van der Waals surface area contributed by atoms with Crippen molar-refractivity contribution in [3.8, 4) is 5.88 Å². The second-order valence-electron chi connectivity index (χ2n) is 3.80. The third-order valence-electron chi connectivity index (χ3n) is 2.23. The molecule has 0 aliphatic rings. The molecule has 4 heteroatoms. The highest BCUT2D eigenvalue weighted by atomic mass is 16.5. The number of esters is 1. The van der Waals surface area contributed by atoms with Crippen LogP contribution in [0.5, 0.6) is 5.88 Å². The molecule has 1 rings (SSSR count). The van der Waals surface area contributed by atoms with Crippen LogP contribution in [-0.2, 0) is 4.79 Å². The van der Waals surface area contributed by atoms with E-state index in [2.05, 4.69) is 17.1 Å². The van der Waals surface area contributed by atoms with Crippen molar-refractivity contribution in [1.29, 1.82) is 0 Å². The number of unbranched alkanes of at least 4 members (excludes halogenated alkanes) is 3. The summed E-state index contributed by atoms with van der Waals surface area (Å²) in [4.78, 5) is 11.4. The lowest BCUT2D eigenvalue weighted by Crippen LogP contribution is -2.09. The molecular weight excluding hydrogens is 204 g/mol. The summed E-state index contributed by atoms with van der Waals surface area (Å²) in [6, 6.07) is 3.43. The van der Waals surface area contributed by atoms with Crippen LogP contribution in [-0.4, -0.2) is 16.2 Å². The molecule has 0 amide bonds. The smallest absolute Gasteiger partial charge is 0.312 e. The molecule has 1 heterocycles. The molecule has 0 bridgehead atoms. The summed E-state index contributed by atoms with van der Waals surface area (Å²) in [7, 11) is 0. The molecule has 0 aliphatic heterocycles. The molecule has 0 atom stereocenters. The number of aromatic nitrogens is 2. The van der Waals surface area contributed by atoms with Crippen LogP contribution in [0.25, 0.3) is 0 Å². The highest BCUT2D eigenvalue weighted by Crippen LogP contribution is 2.08. The van der Waals surface area contributed by atoms with E-state index in [1.54, 1.807) is 12.1 Å². The number of hydrogen-bond acceptors (Lipinski definition) is 4. The van der Waals surface area contributed by atoms with Gasteiger partial charge in [0.1, 0.15) is 0 Å². The molecule has 0 saturated carbocycles. The van der Waals surface area contributed by atoms with Crippen LogP contribution in [0.15, 0.2) is 12.1 Å². The zero-order valence-corrected chi connectivity index (χ0v) is 9.90. The minimum Gasteiger partial charge on any atom is -0.406 e. The second-order valence-corrected chi connectivity index (χ2v) is 3.80. The van der Waals surface area contributed by atoms with Crippen molar-refractivity contribution in [2.45, 2.75) is 46.0 Å². The molecule has 88 valence electrons.